The highest BCUT2D eigenvalue weighted by Gasteiger charge is 2.26. The first kappa shape index (κ1) is 13.0. The van der Waals surface area contributed by atoms with Crippen molar-refractivity contribution in [3.05, 3.63) is 42.0 Å². The van der Waals surface area contributed by atoms with Crippen molar-refractivity contribution < 1.29 is 13.9 Å². The number of phenols is 1. The van der Waals surface area contributed by atoms with Gasteiger partial charge in [-0.2, -0.15) is 0 Å². The summed E-state index contributed by atoms with van der Waals surface area (Å²) in [6.07, 6.45) is 1.53. The molecule has 1 saturated heterocycles. The maximum Gasteiger partial charge on any atom is 0.165 e. The predicted molar refractivity (Wildman–Crippen MR) is 65.4 cm³/mol. The number of halogens is 2. The highest BCUT2D eigenvalue weighted by Crippen LogP contribution is 2.33. The van der Waals surface area contributed by atoms with Crippen LogP contribution >= 0.6 is 0 Å². The van der Waals surface area contributed by atoms with Crippen LogP contribution in [0.3, 0.4) is 0 Å². The average molecular weight is 254 g/mol. The summed E-state index contributed by atoms with van der Waals surface area (Å²) in [6, 6.07) is 1.44. The lowest BCUT2D eigenvalue weighted by Crippen LogP contribution is -2.44. The van der Waals surface area contributed by atoms with Gasteiger partial charge in [0, 0.05) is 26.2 Å². The molecule has 0 amide bonds. The van der Waals surface area contributed by atoms with Gasteiger partial charge in [0.1, 0.15) is 5.82 Å². The SMILES string of the molecule is C=C[C@H](c1c(F)ccc(F)c1O)N1CCNCC1. The van der Waals surface area contributed by atoms with Gasteiger partial charge in [-0.3, -0.25) is 4.90 Å². The summed E-state index contributed by atoms with van der Waals surface area (Å²) < 4.78 is 27.1. The van der Waals surface area contributed by atoms with Crippen LogP contribution in [0.1, 0.15) is 11.6 Å². The van der Waals surface area contributed by atoms with Gasteiger partial charge in [-0.25, -0.2) is 8.78 Å². The Morgan fingerprint density at radius 3 is 2.50 bits per heavy atom. The highest BCUT2D eigenvalue weighted by atomic mass is 19.1. The van der Waals surface area contributed by atoms with Crippen molar-refractivity contribution in [2.75, 3.05) is 26.2 Å². The van der Waals surface area contributed by atoms with Gasteiger partial charge in [0.2, 0.25) is 0 Å². The summed E-state index contributed by atoms with van der Waals surface area (Å²) >= 11 is 0. The lowest BCUT2D eigenvalue weighted by Gasteiger charge is -2.33. The van der Waals surface area contributed by atoms with E-state index in [1.54, 1.807) is 0 Å². The van der Waals surface area contributed by atoms with Crippen LogP contribution in [0.15, 0.2) is 24.8 Å². The molecule has 1 heterocycles. The molecule has 98 valence electrons. The molecule has 1 atom stereocenters. The molecular weight excluding hydrogens is 238 g/mol. The number of nitrogens with zero attached hydrogens (tertiary/aromatic N) is 1. The highest BCUT2D eigenvalue weighted by molar-refractivity contribution is 5.39. The normalized spacial score (nSPS) is 18.6. The van der Waals surface area contributed by atoms with Crippen LogP contribution in [-0.4, -0.2) is 36.2 Å². The summed E-state index contributed by atoms with van der Waals surface area (Å²) in [5.41, 5.74) is -0.0353. The van der Waals surface area contributed by atoms with Gasteiger partial charge in [0.25, 0.3) is 0 Å². The molecule has 0 spiro atoms. The van der Waals surface area contributed by atoms with E-state index < -0.39 is 23.4 Å². The zero-order valence-corrected chi connectivity index (χ0v) is 10.00. The number of rotatable bonds is 3. The Kier molecular flexibility index (Phi) is 3.93. The number of hydrogen-bond donors (Lipinski definition) is 2. The summed E-state index contributed by atoms with van der Waals surface area (Å²) in [7, 11) is 0. The van der Waals surface area contributed by atoms with Gasteiger partial charge in [0.15, 0.2) is 11.6 Å². The molecule has 0 bridgehead atoms. The monoisotopic (exact) mass is 254 g/mol. The molecule has 1 aromatic rings. The van der Waals surface area contributed by atoms with Gasteiger partial charge in [-0.15, -0.1) is 6.58 Å². The third-order valence-corrected chi connectivity index (χ3v) is 3.18. The van der Waals surface area contributed by atoms with Gasteiger partial charge in [-0.1, -0.05) is 6.08 Å². The molecule has 3 nitrogen and oxygen atoms in total. The van der Waals surface area contributed by atoms with Crippen LogP contribution in [0.2, 0.25) is 0 Å². The second-order valence-corrected chi connectivity index (χ2v) is 4.26. The molecule has 1 aliphatic rings. The van der Waals surface area contributed by atoms with Crippen molar-refractivity contribution in [1.82, 2.24) is 10.2 Å². The molecule has 1 aromatic carbocycles. The fourth-order valence-electron chi connectivity index (χ4n) is 2.25. The molecule has 0 aromatic heterocycles. The molecule has 5 heteroatoms. The molecule has 18 heavy (non-hydrogen) atoms. The topological polar surface area (TPSA) is 35.5 Å². The lowest BCUT2D eigenvalue weighted by molar-refractivity contribution is 0.196. The van der Waals surface area contributed by atoms with Crippen molar-refractivity contribution in [2.24, 2.45) is 0 Å². The molecule has 2 N–H and O–H groups in total. The van der Waals surface area contributed by atoms with Crippen LogP contribution in [0.4, 0.5) is 8.78 Å². The van der Waals surface area contributed by atoms with Crippen LogP contribution in [0.25, 0.3) is 0 Å². The van der Waals surface area contributed by atoms with Crippen molar-refractivity contribution in [3.63, 3.8) is 0 Å². The van der Waals surface area contributed by atoms with Crippen molar-refractivity contribution in [3.8, 4) is 5.75 Å². The fraction of sp³-hybridized carbons (Fsp3) is 0.385. The first-order valence-electron chi connectivity index (χ1n) is 5.89. The lowest BCUT2D eigenvalue weighted by atomic mass is 10.0. The Bertz CT molecular complexity index is 445. The average Bonchev–Trinajstić information content (AvgIpc) is 2.40. The zero-order valence-electron chi connectivity index (χ0n) is 10.00. The van der Waals surface area contributed by atoms with E-state index in [-0.39, 0.29) is 5.56 Å². The number of piperazine rings is 1. The van der Waals surface area contributed by atoms with Gasteiger partial charge >= 0.3 is 0 Å². The minimum absolute atomic E-state index is 0.0353. The summed E-state index contributed by atoms with van der Waals surface area (Å²) in [5.74, 6) is -2.05. The van der Waals surface area contributed by atoms with E-state index in [1.807, 2.05) is 4.90 Å². The zero-order chi connectivity index (χ0) is 13.1. The van der Waals surface area contributed by atoms with Crippen LogP contribution < -0.4 is 5.32 Å². The third kappa shape index (κ3) is 2.37. The Hall–Kier alpha value is -1.46. The van der Waals surface area contributed by atoms with E-state index in [9.17, 15) is 13.9 Å². The van der Waals surface area contributed by atoms with E-state index in [0.717, 1.165) is 25.2 Å². The second kappa shape index (κ2) is 5.46. The number of benzene rings is 1. The number of nitrogens with one attached hydrogen (secondary N) is 1. The molecular formula is C13H16F2N2O. The molecule has 2 rings (SSSR count). The Morgan fingerprint density at radius 1 is 1.28 bits per heavy atom. The maximum atomic E-state index is 13.8. The first-order valence-corrected chi connectivity index (χ1v) is 5.89. The standard InChI is InChI=1S/C13H16F2N2O/c1-2-11(17-7-5-16-6-8-17)12-9(14)3-4-10(15)13(12)18/h2-4,11,16,18H,1,5-8H2/t11-/m1/s1. The third-order valence-electron chi connectivity index (χ3n) is 3.18. The van der Waals surface area contributed by atoms with E-state index in [1.165, 1.54) is 6.08 Å². The largest absolute Gasteiger partial charge is 0.505 e. The number of phenolic OH excluding ortho intramolecular Hbond substituents is 1. The Morgan fingerprint density at radius 2 is 1.89 bits per heavy atom. The minimum Gasteiger partial charge on any atom is -0.505 e. The second-order valence-electron chi connectivity index (χ2n) is 4.26. The quantitative estimate of drug-likeness (QED) is 0.807. The predicted octanol–water partition coefficient (Wildman–Crippen LogP) is 1.80. The molecule has 0 unspecified atom stereocenters. The maximum absolute atomic E-state index is 13.8. The van der Waals surface area contributed by atoms with Crippen LogP contribution in [0, 0.1) is 11.6 Å². The van der Waals surface area contributed by atoms with Gasteiger partial charge in [-0.05, 0) is 12.1 Å². The number of hydrogen-bond acceptors (Lipinski definition) is 3. The Labute approximate surface area is 105 Å². The molecule has 0 aliphatic carbocycles. The fourth-order valence-corrected chi connectivity index (χ4v) is 2.25. The van der Waals surface area contributed by atoms with E-state index in [4.69, 9.17) is 0 Å². The summed E-state index contributed by atoms with van der Waals surface area (Å²) in [5, 5.41) is 12.9. The van der Waals surface area contributed by atoms with E-state index >= 15 is 0 Å². The van der Waals surface area contributed by atoms with Crippen LogP contribution in [-0.2, 0) is 0 Å². The molecule has 1 fully saturated rings. The van der Waals surface area contributed by atoms with Crippen LogP contribution in [0.5, 0.6) is 5.75 Å². The Balaban J connectivity index is 2.37. The van der Waals surface area contributed by atoms with Crippen molar-refractivity contribution >= 4 is 0 Å². The summed E-state index contributed by atoms with van der Waals surface area (Å²) in [4.78, 5) is 1.96. The minimum atomic E-state index is -0.812. The smallest absolute Gasteiger partial charge is 0.165 e. The van der Waals surface area contributed by atoms with Gasteiger partial charge < -0.3 is 10.4 Å². The van der Waals surface area contributed by atoms with Gasteiger partial charge in [0.05, 0.1) is 11.6 Å². The molecule has 0 radical (unpaired) electrons. The number of aromatic hydroxyl groups is 1. The first-order chi connectivity index (χ1) is 8.65. The van der Waals surface area contributed by atoms with Crippen molar-refractivity contribution in [1.29, 1.82) is 0 Å². The molecule has 0 saturated carbocycles. The van der Waals surface area contributed by atoms with E-state index in [2.05, 4.69) is 11.9 Å². The molecule has 1 aliphatic heterocycles. The van der Waals surface area contributed by atoms with E-state index in [0.29, 0.717) is 13.1 Å². The summed E-state index contributed by atoms with van der Waals surface area (Å²) in [6.45, 7) is 6.62. The van der Waals surface area contributed by atoms with Crippen molar-refractivity contribution in [2.45, 2.75) is 6.04 Å².